The van der Waals surface area contributed by atoms with Crippen LogP contribution in [-0.4, -0.2) is 37.0 Å². The molecule has 1 rings (SSSR count). The first-order valence-corrected chi connectivity index (χ1v) is 4.42. The van der Waals surface area contributed by atoms with Crippen LogP contribution in [0.3, 0.4) is 0 Å². The molecule has 1 fully saturated rings. The maximum atomic E-state index is 10.7. The molecule has 1 atom stereocenters. The van der Waals surface area contributed by atoms with E-state index in [0.29, 0.717) is 13.2 Å². The van der Waals surface area contributed by atoms with Crippen molar-refractivity contribution in [2.75, 3.05) is 13.2 Å². The van der Waals surface area contributed by atoms with E-state index in [0.717, 1.165) is 0 Å². The smallest absolute Gasteiger partial charge is 0.316 e. The molecule has 2 amide bonds. The number of carbonyl (C=O) groups excluding carboxylic acids is 2. The first-order chi connectivity index (χ1) is 6.63. The van der Waals surface area contributed by atoms with Crippen molar-refractivity contribution in [3.63, 3.8) is 0 Å². The lowest BCUT2D eigenvalue weighted by Crippen LogP contribution is -2.27. The molecule has 0 bridgehead atoms. The second-order valence-electron chi connectivity index (χ2n) is 2.86. The van der Waals surface area contributed by atoms with E-state index in [1.165, 1.54) is 0 Å². The lowest BCUT2D eigenvalue weighted by molar-refractivity contribution is -0.135. The van der Waals surface area contributed by atoms with Gasteiger partial charge < -0.3 is 4.74 Å². The predicted molar refractivity (Wildman–Crippen MR) is 49.7 cm³/mol. The van der Waals surface area contributed by atoms with E-state index in [9.17, 15) is 9.59 Å². The van der Waals surface area contributed by atoms with Gasteiger partial charge >= 0.3 is 11.8 Å². The van der Waals surface area contributed by atoms with Crippen LogP contribution < -0.4 is 10.6 Å². The number of ether oxygens (including phenoxy) is 1. The number of carbonyl (C=O) groups is 2. The third kappa shape index (κ3) is 2.81. The largest absolute Gasteiger partial charge is 0.377 e. The van der Waals surface area contributed by atoms with Crippen LogP contribution in [-0.2, 0) is 14.3 Å². The molecule has 1 aliphatic rings. The van der Waals surface area contributed by atoms with Crippen molar-refractivity contribution in [2.45, 2.75) is 20.0 Å². The summed E-state index contributed by atoms with van der Waals surface area (Å²) in [6, 6.07) is 0. The molecular weight excluding hydrogens is 186 g/mol. The third-order valence-electron chi connectivity index (χ3n) is 1.63. The minimum atomic E-state index is -0.673. The Morgan fingerprint density at radius 3 is 2.43 bits per heavy atom. The molecule has 1 saturated heterocycles. The van der Waals surface area contributed by atoms with E-state index >= 15 is 0 Å². The summed E-state index contributed by atoms with van der Waals surface area (Å²) in [6.07, 6.45) is -0.0260. The summed E-state index contributed by atoms with van der Waals surface area (Å²) in [5.74, 6) is -1.15. The van der Waals surface area contributed by atoms with Crippen LogP contribution in [0.2, 0.25) is 0 Å². The number of aliphatic imine (C=N–C) groups is 1. The standard InChI is InChI=1S/C8H13N3O3/c1-3-14-5(2)4-9-8-10-6(12)7(13)11-8/h5H,3-4H2,1-2H3,(H2,9,10,11,12,13). The van der Waals surface area contributed by atoms with Gasteiger partial charge in [0, 0.05) is 6.61 Å². The molecule has 2 N–H and O–H groups in total. The molecule has 1 unspecified atom stereocenters. The zero-order chi connectivity index (χ0) is 10.6. The summed E-state index contributed by atoms with van der Waals surface area (Å²) in [4.78, 5) is 25.4. The van der Waals surface area contributed by atoms with Crippen molar-refractivity contribution in [3.8, 4) is 0 Å². The molecule has 0 aromatic heterocycles. The summed E-state index contributed by atoms with van der Waals surface area (Å²) in [7, 11) is 0. The fourth-order valence-corrected chi connectivity index (χ4v) is 0.996. The molecule has 0 aromatic rings. The van der Waals surface area contributed by atoms with Gasteiger partial charge in [0.1, 0.15) is 0 Å². The number of hydrogen-bond donors (Lipinski definition) is 2. The van der Waals surface area contributed by atoms with Gasteiger partial charge in [-0.25, -0.2) is 4.99 Å². The van der Waals surface area contributed by atoms with Crippen molar-refractivity contribution in [1.82, 2.24) is 10.6 Å². The summed E-state index contributed by atoms with van der Waals surface area (Å²) in [5.41, 5.74) is 0. The van der Waals surface area contributed by atoms with Gasteiger partial charge in [-0.1, -0.05) is 0 Å². The fraction of sp³-hybridized carbons (Fsp3) is 0.625. The molecule has 0 spiro atoms. The van der Waals surface area contributed by atoms with Gasteiger partial charge in [-0.3, -0.25) is 20.2 Å². The number of nitrogens with one attached hydrogen (secondary N) is 2. The van der Waals surface area contributed by atoms with E-state index in [-0.39, 0.29) is 12.1 Å². The average molecular weight is 199 g/mol. The monoisotopic (exact) mass is 199 g/mol. The molecule has 0 aromatic carbocycles. The van der Waals surface area contributed by atoms with Crippen LogP contribution in [0.4, 0.5) is 0 Å². The average Bonchev–Trinajstić information content (AvgIpc) is 2.44. The van der Waals surface area contributed by atoms with E-state index < -0.39 is 11.8 Å². The number of rotatable bonds is 4. The highest BCUT2D eigenvalue weighted by Gasteiger charge is 2.24. The summed E-state index contributed by atoms with van der Waals surface area (Å²) in [6.45, 7) is 4.78. The van der Waals surface area contributed by atoms with Crippen LogP contribution in [0, 0.1) is 0 Å². The maximum Gasteiger partial charge on any atom is 0.316 e. The molecule has 6 heteroatoms. The molecule has 0 aliphatic carbocycles. The van der Waals surface area contributed by atoms with Crippen LogP contribution in [0.25, 0.3) is 0 Å². The third-order valence-corrected chi connectivity index (χ3v) is 1.63. The molecule has 0 radical (unpaired) electrons. The van der Waals surface area contributed by atoms with E-state index in [1.807, 2.05) is 13.8 Å². The Kier molecular flexibility index (Phi) is 3.58. The first kappa shape index (κ1) is 10.6. The SMILES string of the molecule is CCOC(C)CN=C1NC(=O)C(=O)N1. The van der Waals surface area contributed by atoms with Gasteiger partial charge in [-0.15, -0.1) is 0 Å². The molecule has 1 heterocycles. The quantitative estimate of drug-likeness (QED) is 0.571. The fourth-order valence-electron chi connectivity index (χ4n) is 0.996. The van der Waals surface area contributed by atoms with Crippen LogP contribution in [0.1, 0.15) is 13.8 Å². The van der Waals surface area contributed by atoms with Crippen LogP contribution in [0.5, 0.6) is 0 Å². The van der Waals surface area contributed by atoms with Crippen molar-refractivity contribution in [2.24, 2.45) is 4.99 Å². The molecule has 14 heavy (non-hydrogen) atoms. The zero-order valence-electron chi connectivity index (χ0n) is 8.16. The van der Waals surface area contributed by atoms with Crippen molar-refractivity contribution in [3.05, 3.63) is 0 Å². The summed E-state index contributed by atoms with van der Waals surface area (Å²) in [5, 5.41) is 4.59. The van der Waals surface area contributed by atoms with Crippen LogP contribution >= 0.6 is 0 Å². The Hall–Kier alpha value is -1.43. The Morgan fingerprint density at radius 2 is 1.93 bits per heavy atom. The summed E-state index contributed by atoms with van der Waals surface area (Å²) < 4.78 is 5.22. The Balaban J connectivity index is 2.39. The van der Waals surface area contributed by atoms with Crippen molar-refractivity contribution in [1.29, 1.82) is 0 Å². The van der Waals surface area contributed by atoms with Crippen LogP contribution in [0.15, 0.2) is 4.99 Å². The minimum absolute atomic E-state index is 0.0260. The van der Waals surface area contributed by atoms with Gasteiger partial charge in [-0.2, -0.15) is 0 Å². The number of nitrogens with zero attached hydrogens (tertiary/aromatic N) is 1. The second-order valence-corrected chi connectivity index (χ2v) is 2.86. The molecule has 78 valence electrons. The molecule has 0 saturated carbocycles. The van der Waals surface area contributed by atoms with Gasteiger partial charge in [0.05, 0.1) is 12.6 Å². The van der Waals surface area contributed by atoms with E-state index in [1.54, 1.807) is 0 Å². The Morgan fingerprint density at radius 1 is 1.36 bits per heavy atom. The van der Waals surface area contributed by atoms with Gasteiger partial charge in [0.25, 0.3) is 0 Å². The topological polar surface area (TPSA) is 79.8 Å². The van der Waals surface area contributed by atoms with Gasteiger partial charge in [0.15, 0.2) is 0 Å². The van der Waals surface area contributed by atoms with Gasteiger partial charge in [-0.05, 0) is 13.8 Å². The molecular formula is C8H13N3O3. The van der Waals surface area contributed by atoms with E-state index in [4.69, 9.17) is 4.74 Å². The molecule has 1 aliphatic heterocycles. The van der Waals surface area contributed by atoms with Crippen molar-refractivity contribution >= 4 is 17.8 Å². The van der Waals surface area contributed by atoms with E-state index in [2.05, 4.69) is 15.6 Å². The molecule has 6 nitrogen and oxygen atoms in total. The van der Waals surface area contributed by atoms with Gasteiger partial charge in [0.2, 0.25) is 5.96 Å². The maximum absolute atomic E-state index is 10.7. The highest BCUT2D eigenvalue weighted by atomic mass is 16.5. The lowest BCUT2D eigenvalue weighted by Gasteiger charge is -2.07. The highest BCUT2D eigenvalue weighted by Crippen LogP contribution is 1.92. The number of guanidine groups is 1. The minimum Gasteiger partial charge on any atom is -0.377 e. The number of amides is 2. The van der Waals surface area contributed by atoms with Crippen molar-refractivity contribution < 1.29 is 14.3 Å². The predicted octanol–water partition coefficient (Wildman–Crippen LogP) is -0.987. The normalized spacial score (nSPS) is 17.7. The number of hydrogen-bond acceptors (Lipinski definition) is 4. The first-order valence-electron chi connectivity index (χ1n) is 4.42. The Labute approximate surface area is 81.7 Å². The Bertz CT molecular complexity index is 257. The zero-order valence-corrected chi connectivity index (χ0v) is 8.16. The summed E-state index contributed by atoms with van der Waals surface area (Å²) >= 11 is 0. The second kappa shape index (κ2) is 4.71. The lowest BCUT2D eigenvalue weighted by atomic mass is 10.4. The highest BCUT2D eigenvalue weighted by molar-refractivity contribution is 6.45.